The molecule has 1 atom stereocenters. The fraction of sp³-hybridized carbons (Fsp3) is 0.360. The summed E-state index contributed by atoms with van der Waals surface area (Å²) in [7, 11) is 0. The molecule has 0 fully saturated rings. The Kier molecular flexibility index (Phi) is 6.09. The quantitative estimate of drug-likeness (QED) is 0.467. The summed E-state index contributed by atoms with van der Waals surface area (Å²) >= 11 is 0. The number of hydrogen-bond donors (Lipinski definition) is 2. The van der Waals surface area contributed by atoms with Gasteiger partial charge in [-0.1, -0.05) is 49.7 Å². The molecule has 0 bridgehead atoms. The van der Waals surface area contributed by atoms with Gasteiger partial charge in [0.1, 0.15) is 23.3 Å². The minimum Gasteiger partial charge on any atom is -0.508 e. The molecule has 2 aromatic carbocycles. The maximum absolute atomic E-state index is 9.97. The highest BCUT2D eigenvalue weighted by Gasteiger charge is 2.32. The van der Waals surface area contributed by atoms with Gasteiger partial charge in [0, 0.05) is 24.1 Å². The van der Waals surface area contributed by atoms with Gasteiger partial charge < -0.3 is 19.3 Å². The molecule has 0 spiro atoms. The summed E-state index contributed by atoms with van der Waals surface area (Å²) < 4.78 is 7.95. The first kappa shape index (κ1) is 21.1. The molecule has 6 nitrogen and oxygen atoms in total. The van der Waals surface area contributed by atoms with E-state index in [0.29, 0.717) is 17.1 Å². The standard InChI is InChI=1S/C25H30N4O2/c1-4-28(5-2)13-6-14-29-16-27-25-23(24(29)26)22(18-9-7-17(3)8-10-18)20-12-11-19(30)15-21(20)31-25/h7-12,15-16,22,26,30H,4-6,13-14H2,1-3H3/t22-/m1/s1. The fourth-order valence-electron chi connectivity index (χ4n) is 4.24. The average molecular weight is 419 g/mol. The Bertz CT molecular complexity index is 1120. The van der Waals surface area contributed by atoms with Crippen molar-refractivity contribution in [2.45, 2.75) is 39.7 Å². The molecule has 2 heterocycles. The van der Waals surface area contributed by atoms with Crippen LogP contribution in [0.2, 0.25) is 0 Å². The van der Waals surface area contributed by atoms with Gasteiger partial charge in [-0.25, -0.2) is 4.98 Å². The van der Waals surface area contributed by atoms with Crippen molar-refractivity contribution in [2.24, 2.45) is 0 Å². The summed E-state index contributed by atoms with van der Waals surface area (Å²) in [6.45, 7) is 10.2. The Balaban J connectivity index is 1.75. The molecule has 0 aliphatic carbocycles. The number of fused-ring (bicyclic) bond motifs is 2. The first-order valence-corrected chi connectivity index (χ1v) is 11.0. The lowest BCUT2D eigenvalue weighted by Crippen LogP contribution is -2.31. The lowest BCUT2D eigenvalue weighted by molar-refractivity contribution is 0.291. The molecule has 1 aliphatic heterocycles. The van der Waals surface area contributed by atoms with E-state index in [4.69, 9.17) is 10.1 Å². The third-order valence-corrected chi connectivity index (χ3v) is 6.07. The second-order valence-electron chi connectivity index (χ2n) is 8.05. The minimum absolute atomic E-state index is 0.151. The molecule has 1 aromatic heterocycles. The number of rotatable bonds is 7. The van der Waals surface area contributed by atoms with Gasteiger partial charge in [-0.05, 0) is 44.6 Å². The molecule has 0 saturated carbocycles. The van der Waals surface area contributed by atoms with E-state index in [-0.39, 0.29) is 11.7 Å². The van der Waals surface area contributed by atoms with Crippen molar-refractivity contribution in [2.75, 3.05) is 19.6 Å². The summed E-state index contributed by atoms with van der Waals surface area (Å²) in [5, 5.41) is 19.0. The molecule has 0 unspecified atom stereocenters. The third-order valence-electron chi connectivity index (χ3n) is 6.07. The van der Waals surface area contributed by atoms with E-state index in [2.05, 4.69) is 54.9 Å². The summed E-state index contributed by atoms with van der Waals surface area (Å²) in [4.78, 5) is 6.95. The SMILES string of the molecule is CCN(CC)CCCn1cnc2c(c1=N)[C@H](c1ccc(C)cc1)c1ccc(O)cc1O2. The Morgan fingerprint density at radius 3 is 2.58 bits per heavy atom. The smallest absolute Gasteiger partial charge is 0.228 e. The van der Waals surface area contributed by atoms with Crippen LogP contribution in [0.3, 0.4) is 0 Å². The minimum atomic E-state index is -0.171. The molecule has 1 aliphatic rings. The number of aromatic hydroxyl groups is 1. The Morgan fingerprint density at radius 1 is 1.13 bits per heavy atom. The molecule has 3 aromatic rings. The molecule has 4 rings (SSSR count). The van der Waals surface area contributed by atoms with E-state index >= 15 is 0 Å². The number of nitrogens with one attached hydrogen (secondary N) is 1. The van der Waals surface area contributed by atoms with Gasteiger partial charge in [0.05, 0.1) is 5.56 Å². The molecule has 0 amide bonds. The molecule has 31 heavy (non-hydrogen) atoms. The van der Waals surface area contributed by atoms with Crippen LogP contribution in [0.25, 0.3) is 0 Å². The maximum Gasteiger partial charge on any atom is 0.228 e. The Morgan fingerprint density at radius 2 is 1.87 bits per heavy atom. The highest BCUT2D eigenvalue weighted by atomic mass is 16.5. The van der Waals surface area contributed by atoms with Crippen molar-refractivity contribution in [3.8, 4) is 17.4 Å². The summed E-state index contributed by atoms with van der Waals surface area (Å²) in [6, 6.07) is 13.6. The first-order chi connectivity index (χ1) is 15.0. The van der Waals surface area contributed by atoms with Crippen LogP contribution in [0.5, 0.6) is 17.4 Å². The highest BCUT2D eigenvalue weighted by Crippen LogP contribution is 2.45. The molecular weight excluding hydrogens is 388 g/mol. The van der Waals surface area contributed by atoms with Crippen LogP contribution >= 0.6 is 0 Å². The van der Waals surface area contributed by atoms with Crippen molar-refractivity contribution < 1.29 is 9.84 Å². The predicted molar refractivity (Wildman–Crippen MR) is 121 cm³/mol. The van der Waals surface area contributed by atoms with Crippen molar-refractivity contribution in [3.63, 3.8) is 0 Å². The first-order valence-electron chi connectivity index (χ1n) is 11.0. The maximum atomic E-state index is 9.97. The zero-order valence-electron chi connectivity index (χ0n) is 18.4. The van der Waals surface area contributed by atoms with Crippen LogP contribution in [-0.4, -0.2) is 39.2 Å². The molecule has 162 valence electrons. The van der Waals surface area contributed by atoms with Crippen LogP contribution in [0.15, 0.2) is 48.8 Å². The topological polar surface area (TPSA) is 74.4 Å². The number of aryl methyl sites for hydroxylation is 2. The van der Waals surface area contributed by atoms with Crippen LogP contribution < -0.4 is 10.2 Å². The zero-order valence-corrected chi connectivity index (χ0v) is 18.4. The van der Waals surface area contributed by atoms with Crippen LogP contribution in [0, 0.1) is 12.3 Å². The number of ether oxygens (including phenoxy) is 1. The largest absolute Gasteiger partial charge is 0.508 e. The lowest BCUT2D eigenvalue weighted by atomic mass is 9.83. The molecule has 2 N–H and O–H groups in total. The van der Waals surface area contributed by atoms with Gasteiger partial charge >= 0.3 is 0 Å². The van der Waals surface area contributed by atoms with Gasteiger partial charge in [-0.15, -0.1) is 0 Å². The fourth-order valence-corrected chi connectivity index (χ4v) is 4.24. The number of phenols is 1. The lowest BCUT2D eigenvalue weighted by Gasteiger charge is -2.28. The second kappa shape index (κ2) is 8.94. The Hall–Kier alpha value is -3.12. The molecule has 0 radical (unpaired) electrons. The van der Waals surface area contributed by atoms with Crippen LogP contribution in [0.1, 0.15) is 48.4 Å². The monoisotopic (exact) mass is 418 g/mol. The van der Waals surface area contributed by atoms with Crippen molar-refractivity contribution in [1.29, 1.82) is 5.41 Å². The van der Waals surface area contributed by atoms with Gasteiger partial charge in [0.25, 0.3) is 0 Å². The summed E-state index contributed by atoms with van der Waals surface area (Å²) in [6.07, 6.45) is 2.66. The van der Waals surface area contributed by atoms with Gasteiger partial charge in [0.15, 0.2) is 0 Å². The van der Waals surface area contributed by atoms with E-state index < -0.39 is 0 Å². The van der Waals surface area contributed by atoms with E-state index in [1.165, 1.54) is 5.56 Å². The Labute approximate surface area is 183 Å². The van der Waals surface area contributed by atoms with E-state index in [1.54, 1.807) is 18.5 Å². The van der Waals surface area contributed by atoms with Crippen LogP contribution in [-0.2, 0) is 6.54 Å². The number of benzene rings is 2. The van der Waals surface area contributed by atoms with Gasteiger partial charge in [-0.2, -0.15) is 0 Å². The van der Waals surface area contributed by atoms with E-state index in [9.17, 15) is 5.11 Å². The van der Waals surface area contributed by atoms with Gasteiger partial charge in [0.2, 0.25) is 5.88 Å². The average Bonchev–Trinajstić information content (AvgIpc) is 2.77. The number of nitrogens with zero attached hydrogens (tertiary/aromatic N) is 3. The number of hydrogen-bond acceptors (Lipinski definition) is 5. The van der Waals surface area contributed by atoms with Gasteiger partial charge in [-0.3, -0.25) is 5.41 Å². The second-order valence-corrected chi connectivity index (χ2v) is 8.05. The van der Waals surface area contributed by atoms with Crippen molar-refractivity contribution in [3.05, 3.63) is 76.5 Å². The molecular formula is C25H30N4O2. The third kappa shape index (κ3) is 4.21. The summed E-state index contributed by atoms with van der Waals surface area (Å²) in [5.41, 5.74) is 4.40. The highest BCUT2D eigenvalue weighted by molar-refractivity contribution is 5.57. The normalized spacial score (nSPS) is 14.8. The van der Waals surface area contributed by atoms with E-state index in [1.807, 2.05) is 10.6 Å². The number of aromatic nitrogens is 2. The summed E-state index contributed by atoms with van der Waals surface area (Å²) in [5.74, 6) is 1.01. The van der Waals surface area contributed by atoms with Crippen molar-refractivity contribution >= 4 is 0 Å². The number of phenolic OH excluding ortho intramolecular Hbond substituents is 1. The van der Waals surface area contributed by atoms with Crippen LogP contribution in [0.4, 0.5) is 0 Å². The molecule has 6 heteroatoms. The molecule has 0 saturated heterocycles. The van der Waals surface area contributed by atoms with Crippen molar-refractivity contribution in [1.82, 2.24) is 14.5 Å². The predicted octanol–water partition coefficient (Wildman–Crippen LogP) is 4.39. The zero-order chi connectivity index (χ0) is 22.0. The van der Waals surface area contributed by atoms with E-state index in [0.717, 1.165) is 49.3 Å².